The van der Waals surface area contributed by atoms with Crippen LogP contribution in [0.4, 0.5) is 0 Å². The molecule has 0 radical (unpaired) electrons. The first kappa shape index (κ1) is 60.4. The maximum Gasteiger partial charge on any atom is 0.0449 e. The quantitative estimate of drug-likeness (QED) is 0.155. The lowest BCUT2D eigenvalue weighted by Gasteiger charge is -2.05. The molecule has 0 nitrogen and oxygen atoms in total. The molecule has 0 aliphatic heterocycles. The largest absolute Gasteiger partial charge is 0.149 e. The Morgan fingerprint density at radius 2 is 0.692 bits per heavy atom. The molecule has 0 bridgehead atoms. The minimum atomic E-state index is 0. The summed E-state index contributed by atoms with van der Waals surface area (Å²) in [6.45, 7) is 25.2. The zero-order chi connectivity index (χ0) is 46.3. The van der Waals surface area contributed by atoms with Gasteiger partial charge in [0.2, 0.25) is 0 Å². The van der Waals surface area contributed by atoms with Crippen LogP contribution in [0.25, 0.3) is 29.3 Å². The summed E-state index contributed by atoms with van der Waals surface area (Å²) in [5.41, 5.74) is 4.23. The van der Waals surface area contributed by atoms with Crippen molar-refractivity contribution < 1.29 is 0 Å². The maximum atomic E-state index is 2.96. The summed E-state index contributed by atoms with van der Waals surface area (Å²) in [5.74, 6) is 5.79. The van der Waals surface area contributed by atoms with Crippen molar-refractivity contribution in [3.63, 3.8) is 0 Å². The van der Waals surface area contributed by atoms with E-state index in [0.717, 1.165) is 5.56 Å². The van der Waals surface area contributed by atoms with E-state index in [0.29, 0.717) is 5.41 Å². The van der Waals surface area contributed by atoms with Gasteiger partial charge in [-0.25, -0.2) is 0 Å². The van der Waals surface area contributed by atoms with Crippen LogP contribution in [-0.2, 0) is 0 Å². The summed E-state index contributed by atoms with van der Waals surface area (Å²) in [6, 6.07) is 56.4. The van der Waals surface area contributed by atoms with Gasteiger partial charge in [0.15, 0.2) is 0 Å². The average molecular weight is 976 g/mol. The highest BCUT2D eigenvalue weighted by Crippen LogP contribution is 2.39. The Bertz CT molecular complexity index is 2400. The zero-order valence-corrected chi connectivity index (χ0v) is 44.2. The van der Waals surface area contributed by atoms with Gasteiger partial charge >= 0.3 is 0 Å². The van der Waals surface area contributed by atoms with Crippen LogP contribution in [-0.4, -0.2) is 0 Å². The molecule has 3 aromatic carbocycles. The number of rotatable bonds is 3. The number of benzene rings is 3. The van der Waals surface area contributed by atoms with Crippen LogP contribution in [0.2, 0.25) is 0 Å². The lowest BCUT2D eigenvalue weighted by molar-refractivity contribution is 0.469. The van der Waals surface area contributed by atoms with Gasteiger partial charge in [-0.15, -0.1) is 73.9 Å². The lowest BCUT2D eigenvalue weighted by atomic mass is 10.0. The third-order valence-electron chi connectivity index (χ3n) is 7.45. The van der Waals surface area contributed by atoms with Gasteiger partial charge in [0.05, 0.1) is 0 Å². The summed E-state index contributed by atoms with van der Waals surface area (Å²) in [4.78, 5) is 12.4. The van der Waals surface area contributed by atoms with E-state index in [1.54, 1.807) is 34.0 Å². The number of thiophene rings is 6. The van der Waals surface area contributed by atoms with Crippen molar-refractivity contribution in [2.75, 3.05) is 0 Å². The fourth-order valence-corrected chi connectivity index (χ4v) is 9.70. The second kappa shape index (κ2) is 35.7. The van der Waals surface area contributed by atoms with E-state index < -0.39 is 0 Å². The summed E-state index contributed by atoms with van der Waals surface area (Å²) in [5, 5.41) is 6.32. The summed E-state index contributed by atoms with van der Waals surface area (Å²) in [7, 11) is 0. The van der Waals surface area contributed by atoms with Crippen molar-refractivity contribution in [3.05, 3.63) is 211 Å². The molecule has 0 atom stereocenters. The zero-order valence-electron chi connectivity index (χ0n) is 39.3. The standard InChI is InChI=1S/C13H10S3.C9H8S2.C9H8.2C7H8.C5H6S.C5H12.C2H6.2CH4/c1-9-4-5-12(15-9)13-7-6-11(16-13)10-3-2-8-14-10;1-7-4-5-9(11-7)8-3-2-6-10-8;1-2-6-9-7-4-3-5-8-9;2*1-7-5-3-2-4-6-7;1-5-3-2-4-6-5;1-5(2,3)4;1-2;;/h2-8H,1H3;2-6H,1H3;3-5,7-8H,1H3;2*2-6H,1H3;2-4H,1H3;1-4H3;1-2H3;2*1H4. The van der Waals surface area contributed by atoms with E-state index in [9.17, 15) is 0 Å². The third-order valence-corrected chi connectivity index (χ3v) is 13.7. The molecule has 0 saturated carbocycles. The highest BCUT2D eigenvalue weighted by Gasteiger charge is 2.07. The molecule has 6 heteroatoms. The molecule has 0 N–H and O–H groups in total. The van der Waals surface area contributed by atoms with Crippen LogP contribution in [0.5, 0.6) is 0 Å². The minimum absolute atomic E-state index is 0. The smallest absolute Gasteiger partial charge is 0.0449 e. The first-order valence-electron chi connectivity index (χ1n) is 21.1. The predicted molar refractivity (Wildman–Crippen MR) is 308 cm³/mol. The molecule has 9 rings (SSSR count). The second-order valence-corrected chi connectivity index (χ2v) is 21.9. The normalized spacial score (nSPS) is 9.17. The van der Waals surface area contributed by atoms with Crippen molar-refractivity contribution in [2.24, 2.45) is 5.41 Å². The van der Waals surface area contributed by atoms with E-state index in [1.165, 1.54) is 55.0 Å². The molecule has 0 unspecified atom stereocenters. The number of aryl methyl sites for hydroxylation is 5. The van der Waals surface area contributed by atoms with E-state index in [4.69, 9.17) is 0 Å². The van der Waals surface area contributed by atoms with Gasteiger partial charge in [-0.1, -0.05) is 171 Å². The summed E-state index contributed by atoms with van der Waals surface area (Å²) >= 11 is 11.0. The van der Waals surface area contributed by atoms with Gasteiger partial charge in [-0.2, -0.15) is 0 Å². The number of hydrogen-bond acceptors (Lipinski definition) is 6. The summed E-state index contributed by atoms with van der Waals surface area (Å²) < 4.78 is 0. The van der Waals surface area contributed by atoms with Gasteiger partial charge in [0.25, 0.3) is 0 Å². The topological polar surface area (TPSA) is 0 Å². The Kier molecular flexibility index (Phi) is 33.1. The molecule has 0 fully saturated rings. The molecule has 346 valence electrons. The van der Waals surface area contributed by atoms with E-state index in [2.05, 4.69) is 187 Å². The van der Waals surface area contributed by atoms with E-state index >= 15 is 0 Å². The van der Waals surface area contributed by atoms with Crippen LogP contribution >= 0.6 is 68.0 Å². The van der Waals surface area contributed by atoms with Gasteiger partial charge in [0, 0.05) is 49.5 Å². The second-order valence-electron chi connectivity index (χ2n) is 15.2. The summed E-state index contributed by atoms with van der Waals surface area (Å²) in [6.07, 6.45) is 0. The number of hydrogen-bond donors (Lipinski definition) is 0. The highest BCUT2D eigenvalue weighted by molar-refractivity contribution is 7.26. The van der Waals surface area contributed by atoms with Gasteiger partial charge in [0.1, 0.15) is 0 Å². The van der Waals surface area contributed by atoms with E-state index in [-0.39, 0.29) is 14.9 Å². The van der Waals surface area contributed by atoms with Gasteiger partial charge in [-0.05, 0) is 130 Å². The first-order chi connectivity index (χ1) is 30.3. The third kappa shape index (κ3) is 28.8. The molecule has 0 spiro atoms. The van der Waals surface area contributed by atoms with Gasteiger partial charge in [-0.3, -0.25) is 0 Å². The molecular formula is C59H74S6. The molecule has 6 aromatic heterocycles. The Hall–Kier alpha value is -4.58. The van der Waals surface area contributed by atoms with Gasteiger partial charge < -0.3 is 0 Å². The minimum Gasteiger partial charge on any atom is -0.149 e. The molecule has 9 aromatic rings. The highest BCUT2D eigenvalue weighted by atomic mass is 32.1. The van der Waals surface area contributed by atoms with Crippen LogP contribution in [0, 0.1) is 51.9 Å². The fourth-order valence-electron chi connectivity index (χ4n) is 4.67. The Morgan fingerprint density at radius 1 is 0.354 bits per heavy atom. The van der Waals surface area contributed by atoms with Crippen molar-refractivity contribution in [2.45, 2.75) is 97.9 Å². The van der Waals surface area contributed by atoms with Crippen LogP contribution in [0.3, 0.4) is 0 Å². The molecule has 0 saturated heterocycles. The predicted octanol–water partition coefficient (Wildman–Crippen LogP) is 21.8. The van der Waals surface area contributed by atoms with Crippen molar-refractivity contribution in [1.82, 2.24) is 0 Å². The average Bonchev–Trinajstić information content (AvgIpc) is 4.13. The molecule has 0 amide bonds. The Labute approximate surface area is 420 Å². The molecule has 0 aliphatic carbocycles. The fraction of sp³-hybridized carbons (Fsp3) is 0.254. The molecular weight excluding hydrogens is 901 g/mol. The van der Waals surface area contributed by atoms with E-state index in [1.807, 2.05) is 122 Å². The van der Waals surface area contributed by atoms with Crippen LogP contribution < -0.4 is 0 Å². The molecule has 65 heavy (non-hydrogen) atoms. The lowest BCUT2D eigenvalue weighted by Crippen LogP contribution is -1.93. The van der Waals surface area contributed by atoms with Crippen molar-refractivity contribution in [3.8, 4) is 41.1 Å². The van der Waals surface area contributed by atoms with Crippen molar-refractivity contribution >= 4 is 68.0 Å². The van der Waals surface area contributed by atoms with Crippen molar-refractivity contribution in [1.29, 1.82) is 0 Å². The molecule has 6 heterocycles. The molecule has 0 aliphatic rings. The SMILES string of the molecule is C.C.CC.CC#Cc1ccccc1.CC(C)(C)C.Cc1ccc(-c2ccc(-c3cccs3)s2)s1.Cc1ccc(-c2cccs2)s1.Cc1ccccc1.Cc1ccccc1.Cc1cccs1. The Balaban J connectivity index is 0.000000753. The first-order valence-corrected chi connectivity index (χ1v) is 26.2. The monoisotopic (exact) mass is 974 g/mol. The Morgan fingerprint density at radius 3 is 0.969 bits per heavy atom. The van der Waals surface area contributed by atoms with Crippen LogP contribution in [0.1, 0.15) is 94.6 Å². The van der Waals surface area contributed by atoms with Crippen LogP contribution in [0.15, 0.2) is 180 Å². The maximum absolute atomic E-state index is 2.96.